The van der Waals surface area contributed by atoms with Crippen LogP contribution >= 0.6 is 11.3 Å². The SMILES string of the molecule is CN(C)CCCNc1nc2cc([N+](=O)[O-])ccc2nc1NCc1cccs1. The van der Waals surface area contributed by atoms with Crippen LogP contribution in [0.4, 0.5) is 17.3 Å². The van der Waals surface area contributed by atoms with Crippen molar-refractivity contribution in [3.05, 3.63) is 50.7 Å². The third kappa shape index (κ3) is 5.11. The van der Waals surface area contributed by atoms with Crippen LogP contribution in [0.1, 0.15) is 11.3 Å². The molecule has 2 aromatic heterocycles. The average molecular weight is 386 g/mol. The van der Waals surface area contributed by atoms with Gasteiger partial charge in [0, 0.05) is 23.6 Å². The Balaban J connectivity index is 1.85. The number of hydrogen-bond donors (Lipinski definition) is 2. The second-order valence-electron chi connectivity index (χ2n) is 6.37. The van der Waals surface area contributed by atoms with Crippen molar-refractivity contribution in [3.8, 4) is 0 Å². The lowest BCUT2D eigenvalue weighted by Gasteiger charge is -2.14. The monoisotopic (exact) mass is 386 g/mol. The third-order valence-electron chi connectivity index (χ3n) is 3.94. The van der Waals surface area contributed by atoms with Gasteiger partial charge in [0.2, 0.25) is 0 Å². The zero-order valence-corrected chi connectivity index (χ0v) is 16.1. The van der Waals surface area contributed by atoms with Crippen molar-refractivity contribution in [3.63, 3.8) is 0 Å². The Labute approximate surface area is 161 Å². The first-order chi connectivity index (χ1) is 13.0. The number of nitro benzene ring substituents is 1. The van der Waals surface area contributed by atoms with E-state index in [-0.39, 0.29) is 5.69 Å². The van der Waals surface area contributed by atoms with Gasteiger partial charge in [-0.3, -0.25) is 10.1 Å². The molecular formula is C18H22N6O2S. The number of nitrogens with one attached hydrogen (secondary N) is 2. The second kappa shape index (κ2) is 8.74. The van der Waals surface area contributed by atoms with Gasteiger partial charge in [-0.2, -0.15) is 0 Å². The Hall–Kier alpha value is -2.78. The fraction of sp³-hybridized carbons (Fsp3) is 0.333. The summed E-state index contributed by atoms with van der Waals surface area (Å²) in [6.45, 7) is 2.34. The highest BCUT2D eigenvalue weighted by atomic mass is 32.1. The number of rotatable bonds is 9. The minimum atomic E-state index is -0.422. The zero-order chi connectivity index (χ0) is 19.2. The van der Waals surface area contributed by atoms with Gasteiger partial charge in [0.25, 0.3) is 5.69 Å². The Kier molecular flexibility index (Phi) is 6.15. The molecule has 0 aliphatic heterocycles. The molecule has 27 heavy (non-hydrogen) atoms. The van der Waals surface area contributed by atoms with Crippen molar-refractivity contribution >= 4 is 39.7 Å². The number of anilines is 2. The van der Waals surface area contributed by atoms with Crippen LogP contribution in [-0.2, 0) is 6.54 Å². The summed E-state index contributed by atoms with van der Waals surface area (Å²) in [4.78, 5) is 23.1. The molecule has 0 saturated heterocycles. The maximum Gasteiger partial charge on any atom is 0.271 e. The Morgan fingerprint density at radius 1 is 1.15 bits per heavy atom. The summed E-state index contributed by atoms with van der Waals surface area (Å²) in [7, 11) is 4.06. The van der Waals surface area contributed by atoms with E-state index in [4.69, 9.17) is 0 Å². The molecule has 142 valence electrons. The molecule has 0 fully saturated rings. The lowest BCUT2D eigenvalue weighted by atomic mass is 10.2. The van der Waals surface area contributed by atoms with Gasteiger partial charge >= 0.3 is 0 Å². The summed E-state index contributed by atoms with van der Waals surface area (Å²) in [5, 5.41) is 19.7. The molecular weight excluding hydrogens is 364 g/mol. The molecule has 3 aromatic rings. The third-order valence-corrected chi connectivity index (χ3v) is 4.82. The van der Waals surface area contributed by atoms with Crippen LogP contribution in [0, 0.1) is 10.1 Å². The zero-order valence-electron chi connectivity index (χ0n) is 15.3. The van der Waals surface area contributed by atoms with Gasteiger partial charge in [0.1, 0.15) is 0 Å². The second-order valence-corrected chi connectivity index (χ2v) is 7.40. The number of nitrogens with zero attached hydrogens (tertiary/aromatic N) is 4. The van der Waals surface area contributed by atoms with E-state index in [1.165, 1.54) is 17.0 Å². The van der Waals surface area contributed by atoms with Crippen LogP contribution < -0.4 is 10.6 Å². The summed E-state index contributed by atoms with van der Waals surface area (Å²) in [5.41, 5.74) is 1.13. The van der Waals surface area contributed by atoms with Crippen molar-refractivity contribution in [1.29, 1.82) is 0 Å². The molecule has 0 aliphatic rings. The number of benzene rings is 1. The lowest BCUT2D eigenvalue weighted by Crippen LogP contribution is -2.17. The first kappa shape index (κ1) is 19.0. The molecule has 0 radical (unpaired) electrons. The maximum atomic E-state index is 11.0. The number of hydrogen-bond acceptors (Lipinski definition) is 8. The van der Waals surface area contributed by atoms with Gasteiger partial charge in [0.15, 0.2) is 11.6 Å². The number of non-ortho nitro benzene ring substituents is 1. The molecule has 8 nitrogen and oxygen atoms in total. The summed E-state index contributed by atoms with van der Waals surface area (Å²) >= 11 is 1.67. The average Bonchev–Trinajstić information content (AvgIpc) is 3.16. The van der Waals surface area contributed by atoms with Crippen molar-refractivity contribution in [2.24, 2.45) is 0 Å². The minimum absolute atomic E-state index is 0.00894. The van der Waals surface area contributed by atoms with Crippen LogP contribution in [0.15, 0.2) is 35.7 Å². The van der Waals surface area contributed by atoms with E-state index in [2.05, 4.69) is 31.6 Å². The highest BCUT2D eigenvalue weighted by molar-refractivity contribution is 7.09. The largest absolute Gasteiger partial charge is 0.367 e. The van der Waals surface area contributed by atoms with E-state index in [0.29, 0.717) is 29.2 Å². The van der Waals surface area contributed by atoms with E-state index >= 15 is 0 Å². The van der Waals surface area contributed by atoms with Crippen molar-refractivity contribution in [2.45, 2.75) is 13.0 Å². The lowest BCUT2D eigenvalue weighted by molar-refractivity contribution is -0.384. The van der Waals surface area contributed by atoms with E-state index in [1.807, 2.05) is 25.5 Å². The molecule has 0 unspecified atom stereocenters. The van der Waals surface area contributed by atoms with E-state index in [1.54, 1.807) is 17.4 Å². The van der Waals surface area contributed by atoms with E-state index in [0.717, 1.165) is 19.5 Å². The predicted octanol–water partition coefficient (Wildman–Crippen LogP) is 3.58. The van der Waals surface area contributed by atoms with Gasteiger partial charge in [0.05, 0.1) is 22.5 Å². The highest BCUT2D eigenvalue weighted by Crippen LogP contribution is 2.25. The number of nitro groups is 1. The highest BCUT2D eigenvalue weighted by Gasteiger charge is 2.13. The van der Waals surface area contributed by atoms with Crippen molar-refractivity contribution in [1.82, 2.24) is 14.9 Å². The molecule has 0 amide bonds. The smallest absolute Gasteiger partial charge is 0.271 e. The predicted molar refractivity (Wildman–Crippen MR) is 109 cm³/mol. The van der Waals surface area contributed by atoms with Crippen LogP contribution in [0.3, 0.4) is 0 Å². The number of fused-ring (bicyclic) bond motifs is 1. The van der Waals surface area contributed by atoms with Crippen LogP contribution in [0.5, 0.6) is 0 Å². The summed E-state index contributed by atoms with van der Waals surface area (Å²) < 4.78 is 0. The standard InChI is InChI=1S/C18H22N6O2S/c1-23(2)9-4-8-19-17-18(20-12-14-5-3-10-27-14)21-15-7-6-13(24(25)26)11-16(15)22-17/h3,5-7,10-11H,4,8-9,12H2,1-2H3,(H,19,22)(H,20,21). The fourth-order valence-electron chi connectivity index (χ4n) is 2.59. The molecule has 3 rings (SSSR count). The molecule has 0 atom stereocenters. The van der Waals surface area contributed by atoms with Gasteiger partial charge in [-0.05, 0) is 44.6 Å². The topological polar surface area (TPSA) is 96.2 Å². The summed E-state index contributed by atoms with van der Waals surface area (Å²) in [6.07, 6.45) is 0.950. The Morgan fingerprint density at radius 3 is 2.63 bits per heavy atom. The summed E-state index contributed by atoms with van der Waals surface area (Å²) in [5.74, 6) is 1.26. The van der Waals surface area contributed by atoms with Crippen LogP contribution in [-0.4, -0.2) is 47.0 Å². The van der Waals surface area contributed by atoms with Crippen molar-refractivity contribution in [2.75, 3.05) is 37.8 Å². The first-order valence-electron chi connectivity index (χ1n) is 8.64. The molecule has 0 bridgehead atoms. The summed E-state index contributed by atoms with van der Waals surface area (Å²) in [6, 6.07) is 8.60. The van der Waals surface area contributed by atoms with Gasteiger partial charge in [-0.1, -0.05) is 6.07 Å². The van der Waals surface area contributed by atoms with Gasteiger partial charge in [-0.25, -0.2) is 9.97 Å². The molecule has 1 aromatic carbocycles. The van der Waals surface area contributed by atoms with Gasteiger partial charge in [-0.15, -0.1) is 11.3 Å². The molecule has 0 saturated carbocycles. The molecule has 0 aliphatic carbocycles. The van der Waals surface area contributed by atoms with E-state index in [9.17, 15) is 10.1 Å². The number of thiophene rings is 1. The van der Waals surface area contributed by atoms with Crippen LogP contribution in [0.25, 0.3) is 11.0 Å². The molecule has 2 heterocycles. The van der Waals surface area contributed by atoms with E-state index < -0.39 is 4.92 Å². The molecule has 2 N–H and O–H groups in total. The molecule has 0 spiro atoms. The van der Waals surface area contributed by atoms with Gasteiger partial charge < -0.3 is 15.5 Å². The maximum absolute atomic E-state index is 11.0. The fourth-order valence-corrected chi connectivity index (χ4v) is 3.23. The number of aromatic nitrogens is 2. The minimum Gasteiger partial charge on any atom is -0.367 e. The normalized spacial score (nSPS) is 11.1. The van der Waals surface area contributed by atoms with Crippen LogP contribution in [0.2, 0.25) is 0 Å². The first-order valence-corrected chi connectivity index (χ1v) is 9.52. The van der Waals surface area contributed by atoms with Crippen molar-refractivity contribution < 1.29 is 4.92 Å². The quantitative estimate of drug-likeness (QED) is 0.330. The molecule has 9 heteroatoms. The Morgan fingerprint density at radius 2 is 1.93 bits per heavy atom. The Bertz CT molecular complexity index is 914.